The Balaban J connectivity index is 0.00000129. The van der Waals surface area contributed by atoms with Crippen LogP contribution in [0.3, 0.4) is 0 Å². The molecule has 1 saturated carbocycles. The van der Waals surface area contributed by atoms with Crippen molar-refractivity contribution in [3.05, 3.63) is 76.4 Å². The fraction of sp³-hybridized carbons (Fsp3) is 0.583. The SMILES string of the molecule is CCC.CN1CCN(Cc2cc3c(c(C(F)(F)F)c2)CN(c2cccc(C4(C(F)c5nncn5C5CCCCC5)COC4)c2)C3=O)CC1. The predicted octanol–water partition coefficient (Wildman–Crippen LogP) is 7.11. The second kappa shape index (κ2) is 14.2. The molecule has 1 aromatic heterocycles. The van der Waals surface area contributed by atoms with Crippen molar-refractivity contribution in [2.24, 2.45) is 0 Å². The lowest BCUT2D eigenvalue weighted by molar-refractivity contribution is -0.138. The topological polar surface area (TPSA) is 66.7 Å². The first-order valence-corrected chi connectivity index (χ1v) is 17.2. The third-order valence-electron chi connectivity index (χ3n) is 10.1. The third kappa shape index (κ3) is 6.76. The molecule has 48 heavy (non-hydrogen) atoms. The number of halogens is 4. The molecule has 0 N–H and O–H groups in total. The molecule has 260 valence electrons. The first kappa shape index (κ1) is 34.5. The van der Waals surface area contributed by atoms with Crippen LogP contribution in [0.2, 0.25) is 0 Å². The molecule has 3 aliphatic heterocycles. The molecule has 0 radical (unpaired) electrons. The lowest BCUT2D eigenvalue weighted by Crippen LogP contribution is -2.51. The minimum absolute atomic E-state index is 0.0225. The van der Waals surface area contributed by atoms with Crippen molar-refractivity contribution in [2.45, 2.75) is 89.3 Å². The Morgan fingerprint density at radius 1 is 1.02 bits per heavy atom. The number of fused-ring (bicyclic) bond motifs is 1. The summed E-state index contributed by atoms with van der Waals surface area (Å²) in [6.45, 7) is 7.81. The van der Waals surface area contributed by atoms with E-state index in [1.54, 1.807) is 36.7 Å². The highest BCUT2D eigenvalue weighted by atomic mass is 19.4. The number of ether oxygens (including phenoxy) is 1. The van der Waals surface area contributed by atoms with Crippen LogP contribution in [0.25, 0.3) is 0 Å². The zero-order chi connectivity index (χ0) is 34.1. The fourth-order valence-electron chi connectivity index (χ4n) is 7.37. The summed E-state index contributed by atoms with van der Waals surface area (Å²) in [5.74, 6) is -0.219. The van der Waals surface area contributed by atoms with Gasteiger partial charge in [0.15, 0.2) is 12.0 Å². The molecule has 1 unspecified atom stereocenters. The smallest absolute Gasteiger partial charge is 0.379 e. The van der Waals surface area contributed by atoms with E-state index in [0.717, 1.165) is 51.9 Å². The maximum Gasteiger partial charge on any atom is 0.416 e. The van der Waals surface area contributed by atoms with E-state index in [1.807, 2.05) is 11.6 Å². The van der Waals surface area contributed by atoms with Crippen molar-refractivity contribution in [2.75, 3.05) is 51.3 Å². The van der Waals surface area contributed by atoms with Gasteiger partial charge in [-0.25, -0.2) is 4.39 Å². The average Bonchev–Trinajstić information content (AvgIpc) is 3.67. The summed E-state index contributed by atoms with van der Waals surface area (Å²) in [4.78, 5) is 19.4. The van der Waals surface area contributed by atoms with Gasteiger partial charge in [-0.2, -0.15) is 13.2 Å². The van der Waals surface area contributed by atoms with Gasteiger partial charge in [-0.3, -0.25) is 9.69 Å². The predicted molar refractivity (Wildman–Crippen MR) is 176 cm³/mol. The Morgan fingerprint density at radius 2 is 1.73 bits per heavy atom. The molecule has 2 aromatic carbocycles. The molecular formula is C36H46F4N6O2. The number of alkyl halides is 4. The number of benzene rings is 2. The Bertz CT molecular complexity index is 1570. The van der Waals surface area contributed by atoms with Crippen LogP contribution < -0.4 is 4.90 Å². The number of nitrogens with zero attached hydrogens (tertiary/aromatic N) is 6. The van der Waals surface area contributed by atoms with Crippen LogP contribution in [0.5, 0.6) is 0 Å². The lowest BCUT2D eigenvalue weighted by atomic mass is 9.74. The van der Waals surface area contributed by atoms with Crippen LogP contribution in [0.4, 0.5) is 23.2 Å². The number of carbonyl (C=O) groups is 1. The minimum atomic E-state index is -4.61. The molecule has 4 heterocycles. The molecule has 2 saturated heterocycles. The molecule has 1 aliphatic carbocycles. The maximum absolute atomic E-state index is 16.6. The largest absolute Gasteiger partial charge is 0.416 e. The number of rotatable bonds is 7. The van der Waals surface area contributed by atoms with Crippen LogP contribution in [0.1, 0.15) is 103 Å². The normalized spacial score (nSPS) is 21.0. The Morgan fingerprint density at radius 3 is 2.38 bits per heavy atom. The van der Waals surface area contributed by atoms with Crippen LogP contribution >= 0.6 is 0 Å². The number of aromatic nitrogens is 3. The van der Waals surface area contributed by atoms with E-state index >= 15 is 4.39 Å². The molecule has 7 rings (SSSR count). The molecule has 1 atom stereocenters. The number of carbonyl (C=O) groups excluding carboxylic acids is 1. The van der Waals surface area contributed by atoms with Gasteiger partial charge < -0.3 is 19.1 Å². The van der Waals surface area contributed by atoms with Gasteiger partial charge in [-0.1, -0.05) is 51.7 Å². The van der Waals surface area contributed by atoms with Gasteiger partial charge >= 0.3 is 6.18 Å². The van der Waals surface area contributed by atoms with Crippen molar-refractivity contribution in [1.29, 1.82) is 0 Å². The van der Waals surface area contributed by atoms with Gasteiger partial charge in [0.25, 0.3) is 5.91 Å². The Hall–Kier alpha value is -3.35. The summed E-state index contributed by atoms with van der Waals surface area (Å²) >= 11 is 0. The van der Waals surface area contributed by atoms with Crippen molar-refractivity contribution in [1.82, 2.24) is 24.6 Å². The van der Waals surface area contributed by atoms with E-state index in [0.29, 0.717) is 23.4 Å². The van der Waals surface area contributed by atoms with E-state index < -0.39 is 29.2 Å². The Kier molecular flexibility index (Phi) is 10.2. The van der Waals surface area contributed by atoms with Gasteiger partial charge in [0, 0.05) is 50.0 Å². The fourth-order valence-corrected chi connectivity index (χ4v) is 7.37. The summed E-state index contributed by atoms with van der Waals surface area (Å²) in [6, 6.07) is 9.89. The number of amides is 1. The summed E-state index contributed by atoms with van der Waals surface area (Å²) in [5.41, 5.74) is -0.246. The number of hydrogen-bond donors (Lipinski definition) is 0. The molecule has 12 heteroatoms. The van der Waals surface area contributed by atoms with Crippen molar-refractivity contribution < 1.29 is 27.1 Å². The lowest BCUT2D eigenvalue weighted by Gasteiger charge is -2.44. The number of likely N-dealkylation sites (N-methyl/N-ethyl adjacent to an activating group) is 1. The van der Waals surface area contributed by atoms with Gasteiger partial charge in [0.05, 0.1) is 30.7 Å². The van der Waals surface area contributed by atoms with Crippen LogP contribution in [0.15, 0.2) is 42.7 Å². The van der Waals surface area contributed by atoms with Crippen molar-refractivity contribution in [3.63, 3.8) is 0 Å². The summed E-state index contributed by atoms with van der Waals surface area (Å²) in [5, 5.41) is 8.25. The van der Waals surface area contributed by atoms with Crippen molar-refractivity contribution >= 4 is 11.6 Å². The summed E-state index contributed by atoms with van der Waals surface area (Å²) < 4.78 is 67.1. The second-order valence-corrected chi connectivity index (χ2v) is 13.8. The van der Waals surface area contributed by atoms with E-state index in [4.69, 9.17) is 4.74 Å². The first-order chi connectivity index (χ1) is 23.1. The molecular weight excluding hydrogens is 624 g/mol. The molecule has 8 nitrogen and oxygen atoms in total. The number of anilines is 1. The summed E-state index contributed by atoms with van der Waals surface area (Å²) in [6.07, 6.45) is 1.97. The third-order valence-corrected chi connectivity index (χ3v) is 10.1. The van der Waals surface area contributed by atoms with Gasteiger partial charge in [0.2, 0.25) is 0 Å². The molecule has 1 amide bonds. The first-order valence-electron chi connectivity index (χ1n) is 17.2. The van der Waals surface area contributed by atoms with E-state index in [2.05, 4.69) is 33.8 Å². The zero-order valence-corrected chi connectivity index (χ0v) is 28.1. The second-order valence-electron chi connectivity index (χ2n) is 13.8. The number of hydrogen-bond acceptors (Lipinski definition) is 6. The molecule has 0 bridgehead atoms. The van der Waals surface area contributed by atoms with Crippen LogP contribution in [-0.4, -0.2) is 76.9 Å². The highest BCUT2D eigenvalue weighted by molar-refractivity contribution is 6.10. The van der Waals surface area contributed by atoms with Gasteiger partial charge in [0.1, 0.15) is 6.33 Å². The van der Waals surface area contributed by atoms with Gasteiger partial charge in [-0.05, 0) is 60.8 Å². The van der Waals surface area contributed by atoms with E-state index in [-0.39, 0.29) is 42.8 Å². The number of piperazine rings is 1. The van der Waals surface area contributed by atoms with Crippen LogP contribution in [0, 0.1) is 0 Å². The maximum atomic E-state index is 16.6. The highest BCUT2D eigenvalue weighted by Gasteiger charge is 2.51. The standard InChI is InChI=1S/C33H38F4N6O2.C3H8/c1-40-10-12-41(13-11-40)17-22-14-26-27(28(15-22)33(35,36)37)18-42(31(26)44)25-9-5-6-23(16-25)32(19-45-20-32)29(34)30-39-38-21-43(30)24-7-3-2-4-8-24;1-3-2/h5-6,9,14-16,21,24,29H,2-4,7-8,10-13,17-20H2,1H3;3H2,1-2H3. The quantitative estimate of drug-likeness (QED) is 0.250. The molecule has 0 spiro atoms. The average molecular weight is 671 g/mol. The molecule has 4 aliphatic rings. The van der Waals surface area contributed by atoms with E-state index in [1.165, 1.54) is 23.8 Å². The van der Waals surface area contributed by atoms with E-state index in [9.17, 15) is 18.0 Å². The molecule has 3 fully saturated rings. The van der Waals surface area contributed by atoms with Crippen LogP contribution in [-0.2, 0) is 29.4 Å². The Labute approximate surface area is 280 Å². The highest BCUT2D eigenvalue weighted by Crippen LogP contribution is 2.48. The monoisotopic (exact) mass is 670 g/mol. The summed E-state index contributed by atoms with van der Waals surface area (Å²) in [7, 11) is 2.02. The zero-order valence-electron chi connectivity index (χ0n) is 28.1. The van der Waals surface area contributed by atoms with Crippen molar-refractivity contribution in [3.8, 4) is 0 Å². The minimum Gasteiger partial charge on any atom is -0.379 e. The van der Waals surface area contributed by atoms with Gasteiger partial charge in [-0.15, -0.1) is 10.2 Å². The molecule has 3 aromatic rings.